The SMILES string of the molecule is CCOc1ccc(CC(=O)Nc2cccc([N+](=O)[O-])c2C)cc1. The summed E-state index contributed by atoms with van der Waals surface area (Å²) in [5.74, 6) is 0.531. The summed E-state index contributed by atoms with van der Waals surface area (Å²) in [6, 6.07) is 11.9. The van der Waals surface area contributed by atoms with Gasteiger partial charge in [0, 0.05) is 6.07 Å². The van der Waals surface area contributed by atoms with Crippen LogP contribution in [0.3, 0.4) is 0 Å². The molecule has 0 bridgehead atoms. The number of nitrogens with one attached hydrogen (secondary N) is 1. The Kier molecular flexibility index (Phi) is 5.30. The Bertz CT molecular complexity index is 711. The number of hydrogen-bond acceptors (Lipinski definition) is 4. The molecule has 2 aromatic rings. The van der Waals surface area contributed by atoms with E-state index >= 15 is 0 Å². The average molecular weight is 314 g/mol. The zero-order valence-electron chi connectivity index (χ0n) is 13.0. The second-order valence-electron chi connectivity index (χ2n) is 5.01. The molecular weight excluding hydrogens is 296 g/mol. The fraction of sp³-hybridized carbons (Fsp3) is 0.235. The van der Waals surface area contributed by atoms with Crippen molar-refractivity contribution in [2.75, 3.05) is 11.9 Å². The molecule has 0 saturated heterocycles. The van der Waals surface area contributed by atoms with Crippen LogP contribution in [0.5, 0.6) is 5.75 Å². The van der Waals surface area contributed by atoms with Gasteiger partial charge in [-0.1, -0.05) is 18.2 Å². The van der Waals surface area contributed by atoms with Crippen molar-refractivity contribution in [1.29, 1.82) is 0 Å². The van der Waals surface area contributed by atoms with Crippen LogP contribution in [0.2, 0.25) is 0 Å². The molecule has 0 spiro atoms. The van der Waals surface area contributed by atoms with Crippen LogP contribution in [0.1, 0.15) is 18.1 Å². The minimum Gasteiger partial charge on any atom is -0.494 e. The molecule has 23 heavy (non-hydrogen) atoms. The first-order valence-corrected chi connectivity index (χ1v) is 7.27. The number of hydrogen-bond donors (Lipinski definition) is 1. The van der Waals surface area contributed by atoms with Crippen LogP contribution < -0.4 is 10.1 Å². The molecule has 120 valence electrons. The van der Waals surface area contributed by atoms with E-state index < -0.39 is 4.92 Å². The Hall–Kier alpha value is -2.89. The quantitative estimate of drug-likeness (QED) is 0.653. The highest BCUT2D eigenvalue weighted by atomic mass is 16.6. The number of carbonyl (C=O) groups excluding carboxylic acids is 1. The molecular formula is C17H18N2O4. The summed E-state index contributed by atoms with van der Waals surface area (Å²) in [5, 5.41) is 13.6. The first-order chi connectivity index (χ1) is 11.0. The molecule has 2 aromatic carbocycles. The summed E-state index contributed by atoms with van der Waals surface area (Å²) in [5.41, 5.74) is 1.73. The molecule has 1 amide bonds. The number of nitro benzene ring substituents is 1. The number of benzene rings is 2. The fourth-order valence-electron chi connectivity index (χ4n) is 2.21. The van der Waals surface area contributed by atoms with Gasteiger partial charge in [-0.15, -0.1) is 0 Å². The van der Waals surface area contributed by atoms with Gasteiger partial charge in [0.2, 0.25) is 5.91 Å². The highest BCUT2D eigenvalue weighted by Gasteiger charge is 2.14. The molecule has 0 heterocycles. The maximum atomic E-state index is 12.1. The topological polar surface area (TPSA) is 81.5 Å². The van der Waals surface area contributed by atoms with Gasteiger partial charge in [0.05, 0.1) is 29.2 Å². The third-order valence-corrected chi connectivity index (χ3v) is 3.38. The third kappa shape index (κ3) is 4.29. The molecule has 0 radical (unpaired) electrons. The molecule has 0 aliphatic carbocycles. The van der Waals surface area contributed by atoms with Crippen molar-refractivity contribution in [3.8, 4) is 5.75 Å². The van der Waals surface area contributed by atoms with E-state index in [4.69, 9.17) is 4.74 Å². The summed E-state index contributed by atoms with van der Waals surface area (Å²) >= 11 is 0. The van der Waals surface area contributed by atoms with Gasteiger partial charge in [0.15, 0.2) is 0 Å². The van der Waals surface area contributed by atoms with Crippen LogP contribution in [0.15, 0.2) is 42.5 Å². The molecule has 0 unspecified atom stereocenters. The lowest BCUT2D eigenvalue weighted by Gasteiger charge is -2.09. The highest BCUT2D eigenvalue weighted by molar-refractivity contribution is 5.93. The number of nitrogens with zero attached hydrogens (tertiary/aromatic N) is 1. The number of nitro groups is 1. The van der Waals surface area contributed by atoms with E-state index in [0.29, 0.717) is 17.9 Å². The smallest absolute Gasteiger partial charge is 0.274 e. The van der Waals surface area contributed by atoms with E-state index in [1.807, 2.05) is 31.2 Å². The Morgan fingerprint density at radius 2 is 1.91 bits per heavy atom. The van der Waals surface area contributed by atoms with Gasteiger partial charge in [-0.05, 0) is 37.6 Å². The van der Waals surface area contributed by atoms with Gasteiger partial charge in [0.25, 0.3) is 5.69 Å². The van der Waals surface area contributed by atoms with Gasteiger partial charge in [-0.3, -0.25) is 14.9 Å². The number of anilines is 1. The Morgan fingerprint density at radius 1 is 1.22 bits per heavy atom. The Morgan fingerprint density at radius 3 is 2.52 bits per heavy atom. The van der Waals surface area contributed by atoms with Crippen molar-refractivity contribution in [3.05, 3.63) is 63.7 Å². The third-order valence-electron chi connectivity index (χ3n) is 3.38. The van der Waals surface area contributed by atoms with Crippen LogP contribution in [0, 0.1) is 17.0 Å². The molecule has 0 aliphatic rings. The Balaban J connectivity index is 2.05. The van der Waals surface area contributed by atoms with Crippen molar-refractivity contribution in [2.45, 2.75) is 20.3 Å². The van der Waals surface area contributed by atoms with Crippen LogP contribution in [0.4, 0.5) is 11.4 Å². The van der Waals surface area contributed by atoms with E-state index in [-0.39, 0.29) is 18.0 Å². The minimum atomic E-state index is -0.461. The van der Waals surface area contributed by atoms with Crippen LogP contribution >= 0.6 is 0 Å². The largest absolute Gasteiger partial charge is 0.494 e. The maximum absolute atomic E-state index is 12.1. The summed E-state index contributed by atoms with van der Waals surface area (Å²) in [4.78, 5) is 22.6. The van der Waals surface area contributed by atoms with Gasteiger partial charge in [-0.2, -0.15) is 0 Å². The second-order valence-corrected chi connectivity index (χ2v) is 5.01. The predicted molar refractivity (Wildman–Crippen MR) is 87.8 cm³/mol. The van der Waals surface area contributed by atoms with E-state index in [0.717, 1.165) is 11.3 Å². The lowest BCUT2D eigenvalue weighted by Crippen LogP contribution is -2.15. The second kappa shape index (κ2) is 7.40. The van der Waals surface area contributed by atoms with Crippen molar-refractivity contribution >= 4 is 17.3 Å². The van der Waals surface area contributed by atoms with Crippen molar-refractivity contribution in [3.63, 3.8) is 0 Å². The van der Waals surface area contributed by atoms with E-state index in [1.54, 1.807) is 19.1 Å². The zero-order valence-corrected chi connectivity index (χ0v) is 13.0. The molecule has 0 aromatic heterocycles. The molecule has 0 atom stereocenters. The van der Waals surface area contributed by atoms with E-state index in [2.05, 4.69) is 5.32 Å². The number of ether oxygens (including phenoxy) is 1. The van der Waals surface area contributed by atoms with Gasteiger partial charge in [-0.25, -0.2) is 0 Å². The van der Waals surface area contributed by atoms with Gasteiger partial charge >= 0.3 is 0 Å². The van der Waals surface area contributed by atoms with Crippen LogP contribution in [-0.2, 0) is 11.2 Å². The van der Waals surface area contributed by atoms with Crippen molar-refractivity contribution in [2.24, 2.45) is 0 Å². The van der Waals surface area contributed by atoms with Gasteiger partial charge < -0.3 is 10.1 Å². The van der Waals surface area contributed by atoms with Crippen molar-refractivity contribution in [1.82, 2.24) is 0 Å². The van der Waals surface area contributed by atoms with Gasteiger partial charge in [0.1, 0.15) is 5.75 Å². The lowest BCUT2D eigenvalue weighted by molar-refractivity contribution is -0.385. The predicted octanol–water partition coefficient (Wildman–Crippen LogP) is 3.48. The lowest BCUT2D eigenvalue weighted by atomic mass is 10.1. The molecule has 0 saturated carbocycles. The minimum absolute atomic E-state index is 0.0103. The normalized spacial score (nSPS) is 10.2. The molecule has 6 nitrogen and oxygen atoms in total. The fourth-order valence-corrected chi connectivity index (χ4v) is 2.21. The molecule has 0 aliphatic heterocycles. The summed E-state index contributed by atoms with van der Waals surface area (Å²) < 4.78 is 5.35. The monoisotopic (exact) mass is 314 g/mol. The Labute approximate surface area is 134 Å². The molecule has 2 rings (SSSR count). The maximum Gasteiger partial charge on any atom is 0.274 e. The zero-order chi connectivity index (χ0) is 16.8. The first-order valence-electron chi connectivity index (χ1n) is 7.27. The molecule has 1 N–H and O–H groups in total. The summed E-state index contributed by atoms with van der Waals surface area (Å²) in [7, 11) is 0. The molecule has 6 heteroatoms. The summed E-state index contributed by atoms with van der Waals surface area (Å²) in [6.07, 6.45) is 0.189. The highest BCUT2D eigenvalue weighted by Crippen LogP contribution is 2.25. The van der Waals surface area contributed by atoms with E-state index in [9.17, 15) is 14.9 Å². The number of carbonyl (C=O) groups is 1. The van der Waals surface area contributed by atoms with E-state index in [1.165, 1.54) is 6.07 Å². The molecule has 0 fully saturated rings. The standard InChI is InChI=1S/C17H18N2O4/c1-3-23-14-9-7-13(8-10-14)11-17(20)18-15-5-4-6-16(12(15)2)19(21)22/h4-10H,3,11H2,1-2H3,(H,18,20). The van der Waals surface area contributed by atoms with Crippen molar-refractivity contribution < 1.29 is 14.5 Å². The van der Waals surface area contributed by atoms with Crippen LogP contribution in [-0.4, -0.2) is 17.4 Å². The number of rotatable bonds is 6. The first kappa shape index (κ1) is 16.5. The number of amides is 1. The van der Waals surface area contributed by atoms with Crippen LogP contribution in [0.25, 0.3) is 0 Å². The average Bonchev–Trinajstić information content (AvgIpc) is 2.51. The summed E-state index contributed by atoms with van der Waals surface area (Å²) in [6.45, 7) is 4.11.